The Morgan fingerprint density at radius 3 is 2.67 bits per heavy atom. The standard InChI is InChI=1S/C16H18N2O3/c19-15(13-6-2-1-3-7-13)12-21-11-10-18-16(20)14-8-4-5-9-17-14/h1-9,15,19H,10-12H2,(H,18,20). The Labute approximate surface area is 123 Å². The molecule has 0 fully saturated rings. The minimum atomic E-state index is -0.655. The fourth-order valence-corrected chi connectivity index (χ4v) is 1.79. The number of hydrogen-bond donors (Lipinski definition) is 2. The molecule has 0 saturated heterocycles. The van der Waals surface area contributed by atoms with Crippen molar-refractivity contribution in [1.29, 1.82) is 0 Å². The van der Waals surface area contributed by atoms with Gasteiger partial charge in [-0.2, -0.15) is 0 Å². The average Bonchev–Trinajstić information content (AvgIpc) is 2.55. The zero-order chi connectivity index (χ0) is 14.9. The minimum absolute atomic E-state index is 0.198. The van der Waals surface area contributed by atoms with Crippen molar-refractivity contribution in [3.63, 3.8) is 0 Å². The van der Waals surface area contributed by atoms with Gasteiger partial charge in [0.2, 0.25) is 0 Å². The quantitative estimate of drug-likeness (QED) is 0.758. The number of nitrogens with zero attached hydrogens (tertiary/aromatic N) is 1. The van der Waals surface area contributed by atoms with E-state index in [1.165, 1.54) is 0 Å². The Kier molecular flexibility index (Phi) is 5.87. The van der Waals surface area contributed by atoms with Crippen LogP contribution in [-0.4, -0.2) is 35.8 Å². The molecule has 1 amide bonds. The Hall–Kier alpha value is -2.24. The molecule has 0 radical (unpaired) electrons. The Balaban J connectivity index is 1.63. The second kappa shape index (κ2) is 8.14. The third-order valence-corrected chi connectivity index (χ3v) is 2.89. The smallest absolute Gasteiger partial charge is 0.269 e. The summed E-state index contributed by atoms with van der Waals surface area (Å²) in [6.45, 7) is 0.906. The molecule has 5 nitrogen and oxygen atoms in total. The van der Waals surface area contributed by atoms with Crippen molar-refractivity contribution in [1.82, 2.24) is 10.3 Å². The van der Waals surface area contributed by atoms with E-state index in [1.807, 2.05) is 30.3 Å². The number of rotatable bonds is 7. The highest BCUT2D eigenvalue weighted by molar-refractivity contribution is 5.92. The lowest BCUT2D eigenvalue weighted by atomic mass is 10.1. The first kappa shape index (κ1) is 15.2. The second-order valence-corrected chi connectivity index (χ2v) is 4.47. The summed E-state index contributed by atoms with van der Waals surface area (Å²) in [6, 6.07) is 14.5. The van der Waals surface area contributed by atoms with Gasteiger partial charge in [0.25, 0.3) is 5.91 Å². The number of benzene rings is 1. The maximum atomic E-state index is 11.7. The molecule has 21 heavy (non-hydrogen) atoms. The van der Waals surface area contributed by atoms with Crippen LogP contribution in [0.1, 0.15) is 22.2 Å². The van der Waals surface area contributed by atoms with E-state index in [4.69, 9.17) is 4.74 Å². The minimum Gasteiger partial charge on any atom is -0.386 e. The van der Waals surface area contributed by atoms with Crippen LogP contribution in [0.3, 0.4) is 0 Å². The second-order valence-electron chi connectivity index (χ2n) is 4.47. The number of carbonyl (C=O) groups is 1. The Morgan fingerprint density at radius 2 is 1.95 bits per heavy atom. The number of aromatic nitrogens is 1. The van der Waals surface area contributed by atoms with Crippen LogP contribution in [-0.2, 0) is 4.74 Å². The van der Waals surface area contributed by atoms with Crippen molar-refractivity contribution in [3.8, 4) is 0 Å². The van der Waals surface area contributed by atoms with Crippen molar-refractivity contribution in [2.24, 2.45) is 0 Å². The van der Waals surface area contributed by atoms with Crippen molar-refractivity contribution in [2.45, 2.75) is 6.10 Å². The summed E-state index contributed by atoms with van der Waals surface area (Å²) in [5.74, 6) is -0.234. The molecule has 5 heteroatoms. The van der Waals surface area contributed by atoms with E-state index in [9.17, 15) is 9.90 Å². The predicted octanol–water partition coefficient (Wildman–Crippen LogP) is 1.56. The van der Waals surface area contributed by atoms with Crippen LogP contribution < -0.4 is 5.32 Å². The van der Waals surface area contributed by atoms with Crippen LogP contribution in [0.4, 0.5) is 0 Å². The molecule has 0 aliphatic carbocycles. The largest absolute Gasteiger partial charge is 0.386 e. The van der Waals surface area contributed by atoms with Gasteiger partial charge in [-0.1, -0.05) is 36.4 Å². The molecule has 1 heterocycles. The van der Waals surface area contributed by atoms with Crippen LogP contribution in [0.15, 0.2) is 54.7 Å². The van der Waals surface area contributed by atoms with Gasteiger partial charge in [0.1, 0.15) is 11.8 Å². The maximum Gasteiger partial charge on any atom is 0.269 e. The maximum absolute atomic E-state index is 11.7. The van der Waals surface area contributed by atoms with Gasteiger partial charge in [0.05, 0.1) is 13.2 Å². The van der Waals surface area contributed by atoms with E-state index in [-0.39, 0.29) is 12.5 Å². The lowest BCUT2D eigenvalue weighted by molar-refractivity contribution is 0.0370. The molecule has 1 unspecified atom stereocenters. The van der Waals surface area contributed by atoms with Gasteiger partial charge in [0.15, 0.2) is 0 Å². The molecule has 1 aromatic carbocycles. The van der Waals surface area contributed by atoms with Gasteiger partial charge in [-0.3, -0.25) is 9.78 Å². The number of pyridine rings is 1. The molecule has 2 N–H and O–H groups in total. The van der Waals surface area contributed by atoms with Gasteiger partial charge in [0, 0.05) is 12.7 Å². The summed E-state index contributed by atoms with van der Waals surface area (Å²) in [4.78, 5) is 15.6. The average molecular weight is 286 g/mol. The molecule has 0 bridgehead atoms. The van der Waals surface area contributed by atoms with Gasteiger partial charge >= 0.3 is 0 Å². The Morgan fingerprint density at radius 1 is 1.19 bits per heavy atom. The summed E-state index contributed by atoms with van der Waals surface area (Å²) in [5, 5.41) is 12.6. The highest BCUT2D eigenvalue weighted by Crippen LogP contribution is 2.11. The molecule has 1 atom stereocenters. The lowest BCUT2D eigenvalue weighted by Crippen LogP contribution is -2.28. The zero-order valence-electron chi connectivity index (χ0n) is 11.6. The van der Waals surface area contributed by atoms with E-state index in [1.54, 1.807) is 24.4 Å². The van der Waals surface area contributed by atoms with Crippen LogP contribution in [0.5, 0.6) is 0 Å². The topological polar surface area (TPSA) is 71.5 Å². The normalized spacial score (nSPS) is 11.9. The number of nitrogens with one attached hydrogen (secondary N) is 1. The number of aliphatic hydroxyl groups excluding tert-OH is 1. The molecule has 0 saturated carbocycles. The molecule has 2 rings (SSSR count). The van der Waals surface area contributed by atoms with Gasteiger partial charge in [-0.25, -0.2) is 0 Å². The number of ether oxygens (including phenoxy) is 1. The number of hydrogen-bond acceptors (Lipinski definition) is 4. The van der Waals surface area contributed by atoms with Gasteiger partial charge in [-0.15, -0.1) is 0 Å². The zero-order valence-corrected chi connectivity index (χ0v) is 11.6. The van der Waals surface area contributed by atoms with Crippen LogP contribution in [0, 0.1) is 0 Å². The summed E-state index contributed by atoms with van der Waals surface area (Å²) >= 11 is 0. The van der Waals surface area contributed by atoms with E-state index in [2.05, 4.69) is 10.3 Å². The predicted molar refractivity (Wildman–Crippen MR) is 78.8 cm³/mol. The molecule has 2 aromatic rings. The number of amides is 1. The summed E-state index contributed by atoms with van der Waals surface area (Å²) in [6.07, 6.45) is 0.916. The number of carbonyl (C=O) groups excluding carboxylic acids is 1. The molecular weight excluding hydrogens is 268 g/mol. The monoisotopic (exact) mass is 286 g/mol. The fourth-order valence-electron chi connectivity index (χ4n) is 1.79. The van der Waals surface area contributed by atoms with Crippen molar-refractivity contribution >= 4 is 5.91 Å². The summed E-state index contributed by atoms with van der Waals surface area (Å²) in [5.41, 5.74) is 1.19. The lowest BCUT2D eigenvalue weighted by Gasteiger charge is -2.11. The van der Waals surface area contributed by atoms with Crippen LogP contribution >= 0.6 is 0 Å². The van der Waals surface area contributed by atoms with Crippen LogP contribution in [0.2, 0.25) is 0 Å². The molecule has 0 aliphatic rings. The van der Waals surface area contributed by atoms with Crippen molar-refractivity contribution in [2.75, 3.05) is 19.8 Å². The molecule has 110 valence electrons. The first-order chi connectivity index (χ1) is 10.3. The SMILES string of the molecule is O=C(NCCOCC(O)c1ccccc1)c1ccccn1. The molecule has 1 aromatic heterocycles. The van der Waals surface area contributed by atoms with E-state index < -0.39 is 6.10 Å². The van der Waals surface area contributed by atoms with E-state index in [0.29, 0.717) is 18.8 Å². The van der Waals surface area contributed by atoms with E-state index >= 15 is 0 Å². The van der Waals surface area contributed by atoms with Crippen LogP contribution in [0.25, 0.3) is 0 Å². The summed E-state index contributed by atoms with van der Waals surface area (Å²) < 4.78 is 5.35. The highest BCUT2D eigenvalue weighted by Gasteiger charge is 2.07. The summed E-state index contributed by atoms with van der Waals surface area (Å²) in [7, 11) is 0. The van der Waals surface area contributed by atoms with Gasteiger partial charge in [-0.05, 0) is 17.7 Å². The third kappa shape index (κ3) is 4.98. The highest BCUT2D eigenvalue weighted by atomic mass is 16.5. The molecule has 0 spiro atoms. The number of aliphatic hydroxyl groups is 1. The third-order valence-electron chi connectivity index (χ3n) is 2.89. The van der Waals surface area contributed by atoms with Crippen molar-refractivity contribution in [3.05, 3.63) is 66.0 Å². The van der Waals surface area contributed by atoms with Crippen molar-refractivity contribution < 1.29 is 14.6 Å². The van der Waals surface area contributed by atoms with E-state index in [0.717, 1.165) is 5.56 Å². The van der Waals surface area contributed by atoms with Gasteiger partial charge < -0.3 is 15.2 Å². The first-order valence-corrected chi connectivity index (χ1v) is 6.77. The Bertz CT molecular complexity index is 546. The first-order valence-electron chi connectivity index (χ1n) is 6.77. The molecule has 0 aliphatic heterocycles. The molecular formula is C16H18N2O3. The fraction of sp³-hybridized carbons (Fsp3) is 0.250.